The maximum Gasteiger partial charge on any atom is 0.226 e. The summed E-state index contributed by atoms with van der Waals surface area (Å²) < 4.78 is 4.94. The van der Waals surface area contributed by atoms with Gasteiger partial charge in [0.05, 0.1) is 13.5 Å². The third-order valence-corrected chi connectivity index (χ3v) is 1.74. The van der Waals surface area contributed by atoms with E-state index in [1.807, 2.05) is 19.1 Å². The van der Waals surface area contributed by atoms with Crippen LogP contribution in [-0.4, -0.2) is 12.4 Å². The van der Waals surface area contributed by atoms with Crippen molar-refractivity contribution in [2.45, 2.75) is 19.8 Å². The molecule has 2 nitrogen and oxygen atoms in total. The third kappa shape index (κ3) is 5.60. The summed E-state index contributed by atoms with van der Waals surface area (Å²) in [5.41, 5.74) is 0.706. The van der Waals surface area contributed by atoms with Crippen LogP contribution in [0.2, 0.25) is 0 Å². The highest BCUT2D eigenvalue weighted by molar-refractivity contribution is 6.63. The minimum atomic E-state index is -0.417. The molecule has 0 N–H and O–H groups in total. The molecule has 0 unspecified atom stereocenters. The topological polar surface area (TPSA) is 26.3 Å². The Hall–Kier alpha value is -1.02. The fourth-order valence-corrected chi connectivity index (χ4v) is 0.996. The lowest BCUT2D eigenvalue weighted by molar-refractivity contribution is -0.111. The molecule has 0 amide bonds. The molecule has 0 aromatic carbocycles. The molecule has 0 saturated carbocycles. The Kier molecular flexibility index (Phi) is 6.85. The van der Waals surface area contributed by atoms with Gasteiger partial charge in [-0.3, -0.25) is 4.79 Å². The van der Waals surface area contributed by atoms with Crippen molar-refractivity contribution in [1.29, 1.82) is 0 Å². The standard InChI is InChI=1S/C11H15ClO2/c1-4-5-6-7-10(8-11(12)13)9(2)14-3/h5-7H,2,4,8H2,1,3H3/b6-5-,10-7-. The first-order valence-corrected chi connectivity index (χ1v) is 4.76. The van der Waals surface area contributed by atoms with Crippen molar-refractivity contribution in [3.8, 4) is 0 Å². The van der Waals surface area contributed by atoms with Crippen LogP contribution in [0, 0.1) is 0 Å². The second-order valence-electron chi connectivity index (χ2n) is 2.69. The lowest BCUT2D eigenvalue weighted by atomic mass is 10.1. The van der Waals surface area contributed by atoms with Crippen LogP contribution in [0.5, 0.6) is 0 Å². The highest BCUT2D eigenvalue weighted by atomic mass is 35.5. The van der Waals surface area contributed by atoms with Gasteiger partial charge in [0.1, 0.15) is 5.76 Å². The third-order valence-electron chi connectivity index (χ3n) is 1.60. The first-order valence-electron chi connectivity index (χ1n) is 4.39. The molecular weight excluding hydrogens is 200 g/mol. The number of halogens is 1. The van der Waals surface area contributed by atoms with E-state index in [-0.39, 0.29) is 6.42 Å². The van der Waals surface area contributed by atoms with Gasteiger partial charge in [0.15, 0.2) is 0 Å². The van der Waals surface area contributed by atoms with E-state index in [0.717, 1.165) is 6.42 Å². The summed E-state index contributed by atoms with van der Waals surface area (Å²) in [5, 5.41) is -0.417. The molecular formula is C11H15ClO2. The van der Waals surface area contributed by atoms with Gasteiger partial charge in [-0.15, -0.1) is 0 Å². The monoisotopic (exact) mass is 214 g/mol. The number of methoxy groups -OCH3 is 1. The van der Waals surface area contributed by atoms with Gasteiger partial charge < -0.3 is 4.74 Å². The predicted molar refractivity (Wildman–Crippen MR) is 59.1 cm³/mol. The van der Waals surface area contributed by atoms with E-state index in [1.165, 1.54) is 7.11 Å². The van der Waals surface area contributed by atoms with Crippen LogP contribution < -0.4 is 0 Å². The van der Waals surface area contributed by atoms with E-state index in [2.05, 4.69) is 6.58 Å². The van der Waals surface area contributed by atoms with Crippen LogP contribution in [0.4, 0.5) is 0 Å². The average molecular weight is 215 g/mol. The number of hydrogen-bond acceptors (Lipinski definition) is 2. The molecule has 0 fully saturated rings. The Morgan fingerprint density at radius 1 is 1.57 bits per heavy atom. The van der Waals surface area contributed by atoms with Crippen molar-refractivity contribution in [3.05, 3.63) is 36.1 Å². The van der Waals surface area contributed by atoms with E-state index in [0.29, 0.717) is 11.3 Å². The lowest BCUT2D eigenvalue weighted by Crippen LogP contribution is -1.95. The number of ether oxygens (including phenoxy) is 1. The molecule has 0 aliphatic rings. The van der Waals surface area contributed by atoms with Gasteiger partial charge in [-0.1, -0.05) is 31.7 Å². The molecule has 0 atom stereocenters. The van der Waals surface area contributed by atoms with Crippen molar-refractivity contribution in [2.75, 3.05) is 7.11 Å². The Balaban J connectivity index is 4.53. The number of carbonyl (C=O) groups is 1. The highest BCUT2D eigenvalue weighted by Gasteiger charge is 2.06. The highest BCUT2D eigenvalue weighted by Crippen LogP contribution is 2.14. The molecule has 3 heteroatoms. The second-order valence-corrected chi connectivity index (χ2v) is 3.11. The van der Waals surface area contributed by atoms with Crippen molar-refractivity contribution in [1.82, 2.24) is 0 Å². The molecule has 0 saturated heterocycles. The number of hydrogen-bond donors (Lipinski definition) is 0. The van der Waals surface area contributed by atoms with E-state index < -0.39 is 5.24 Å². The van der Waals surface area contributed by atoms with Gasteiger partial charge in [-0.05, 0) is 18.0 Å². The Bertz CT molecular complexity index is 264. The molecule has 0 aliphatic carbocycles. The summed E-state index contributed by atoms with van der Waals surface area (Å²) in [6.45, 7) is 5.70. The molecule has 0 aromatic heterocycles. The van der Waals surface area contributed by atoms with Crippen LogP contribution in [0.25, 0.3) is 0 Å². The van der Waals surface area contributed by atoms with Crippen LogP contribution in [0.3, 0.4) is 0 Å². The molecule has 0 spiro atoms. The average Bonchev–Trinajstić information content (AvgIpc) is 2.15. The quantitative estimate of drug-likeness (QED) is 0.386. The molecule has 0 heterocycles. The zero-order chi connectivity index (χ0) is 11.0. The zero-order valence-corrected chi connectivity index (χ0v) is 9.30. The summed E-state index contributed by atoms with van der Waals surface area (Å²) in [5.74, 6) is 0.472. The maximum atomic E-state index is 10.7. The summed E-state index contributed by atoms with van der Waals surface area (Å²) >= 11 is 5.29. The first kappa shape index (κ1) is 13.0. The van der Waals surface area contributed by atoms with Crippen LogP contribution in [0.1, 0.15) is 19.8 Å². The van der Waals surface area contributed by atoms with E-state index in [4.69, 9.17) is 16.3 Å². The van der Waals surface area contributed by atoms with Crippen LogP contribution in [-0.2, 0) is 9.53 Å². The molecule has 78 valence electrons. The summed E-state index contributed by atoms with van der Waals surface area (Å²) in [7, 11) is 1.51. The van der Waals surface area contributed by atoms with Crippen molar-refractivity contribution < 1.29 is 9.53 Å². The van der Waals surface area contributed by atoms with Crippen molar-refractivity contribution in [3.63, 3.8) is 0 Å². The number of allylic oxidation sites excluding steroid dienone is 4. The molecule has 0 aromatic rings. The minimum Gasteiger partial charge on any atom is -0.497 e. The van der Waals surface area contributed by atoms with Gasteiger partial charge in [-0.2, -0.15) is 0 Å². The fraction of sp³-hybridized carbons (Fsp3) is 0.364. The van der Waals surface area contributed by atoms with Crippen LogP contribution >= 0.6 is 11.6 Å². The molecule has 14 heavy (non-hydrogen) atoms. The van der Waals surface area contributed by atoms with Gasteiger partial charge in [0.25, 0.3) is 0 Å². The van der Waals surface area contributed by atoms with Crippen molar-refractivity contribution >= 4 is 16.8 Å². The SMILES string of the molecule is C=C(OC)/C(=C\C=C/CC)CC(=O)Cl. The fourth-order valence-electron chi connectivity index (χ4n) is 0.852. The van der Waals surface area contributed by atoms with E-state index in [1.54, 1.807) is 6.08 Å². The van der Waals surface area contributed by atoms with Gasteiger partial charge in [0.2, 0.25) is 5.24 Å². The molecule has 0 bridgehead atoms. The summed E-state index contributed by atoms with van der Waals surface area (Å²) in [6, 6.07) is 0. The van der Waals surface area contributed by atoms with Gasteiger partial charge in [0, 0.05) is 5.57 Å². The maximum absolute atomic E-state index is 10.7. The normalized spacial score (nSPS) is 11.8. The molecule has 0 rings (SSSR count). The molecule has 0 aliphatic heterocycles. The largest absolute Gasteiger partial charge is 0.497 e. The van der Waals surface area contributed by atoms with Crippen molar-refractivity contribution in [2.24, 2.45) is 0 Å². The Labute approximate surface area is 89.9 Å². The summed E-state index contributed by atoms with van der Waals surface area (Å²) in [6.07, 6.45) is 6.71. The van der Waals surface area contributed by atoms with Gasteiger partial charge in [-0.25, -0.2) is 0 Å². The van der Waals surface area contributed by atoms with Crippen LogP contribution in [0.15, 0.2) is 36.1 Å². The molecule has 0 radical (unpaired) electrons. The van der Waals surface area contributed by atoms with E-state index in [9.17, 15) is 4.79 Å². The van der Waals surface area contributed by atoms with E-state index >= 15 is 0 Å². The predicted octanol–water partition coefficient (Wildman–Crippen LogP) is 3.19. The Morgan fingerprint density at radius 2 is 2.21 bits per heavy atom. The first-order chi connectivity index (χ1) is 6.61. The number of rotatable bonds is 6. The smallest absolute Gasteiger partial charge is 0.226 e. The summed E-state index contributed by atoms with van der Waals surface area (Å²) in [4.78, 5) is 10.7. The Morgan fingerprint density at radius 3 is 2.64 bits per heavy atom. The lowest BCUT2D eigenvalue weighted by Gasteiger charge is -2.05. The number of carbonyl (C=O) groups excluding carboxylic acids is 1. The second kappa shape index (κ2) is 7.39. The van der Waals surface area contributed by atoms with Gasteiger partial charge >= 0.3 is 0 Å². The zero-order valence-electron chi connectivity index (χ0n) is 8.55. The minimum absolute atomic E-state index is 0.141.